The third-order valence-electron chi connectivity index (χ3n) is 4.13. The fourth-order valence-corrected chi connectivity index (χ4v) is 2.74. The minimum Gasteiger partial charge on any atom is -0.456 e. The van der Waals surface area contributed by atoms with Crippen LogP contribution in [0.4, 0.5) is 0 Å². The number of amides is 1. The van der Waals surface area contributed by atoms with Crippen molar-refractivity contribution in [2.24, 2.45) is 0 Å². The highest BCUT2D eigenvalue weighted by Crippen LogP contribution is 2.15. The molecule has 25 heavy (non-hydrogen) atoms. The normalized spacial score (nSPS) is 10.6. The number of carbonyl (C=O) groups is 1. The Labute approximate surface area is 148 Å². The van der Waals surface area contributed by atoms with Gasteiger partial charge in [0.2, 0.25) is 0 Å². The number of likely N-dealkylation sites (N-methyl/N-ethyl adjacent to an activating group) is 1. The molecule has 0 aliphatic heterocycles. The fraction of sp³-hybridized carbons (Fsp3) is 0.238. The Kier molecular flexibility index (Phi) is 5.62. The van der Waals surface area contributed by atoms with Gasteiger partial charge in [0.05, 0.1) is 0 Å². The van der Waals surface area contributed by atoms with Crippen molar-refractivity contribution in [3.63, 3.8) is 0 Å². The van der Waals surface area contributed by atoms with Crippen molar-refractivity contribution < 1.29 is 9.21 Å². The molecule has 1 amide bonds. The van der Waals surface area contributed by atoms with Gasteiger partial charge in [0.15, 0.2) is 5.76 Å². The van der Waals surface area contributed by atoms with E-state index in [0.29, 0.717) is 25.3 Å². The molecule has 4 nitrogen and oxygen atoms in total. The third kappa shape index (κ3) is 4.57. The minimum absolute atomic E-state index is 0.0715. The predicted molar refractivity (Wildman–Crippen MR) is 97.5 cm³/mol. The van der Waals surface area contributed by atoms with Gasteiger partial charge in [0.1, 0.15) is 5.76 Å². The molecule has 0 aliphatic carbocycles. The lowest BCUT2D eigenvalue weighted by atomic mass is 10.1. The van der Waals surface area contributed by atoms with E-state index in [1.807, 2.05) is 49.4 Å². The van der Waals surface area contributed by atoms with Crippen molar-refractivity contribution >= 4 is 5.91 Å². The van der Waals surface area contributed by atoms with Gasteiger partial charge in [-0.05, 0) is 36.8 Å². The van der Waals surface area contributed by atoms with E-state index >= 15 is 0 Å². The van der Waals surface area contributed by atoms with Crippen LogP contribution in [0.2, 0.25) is 0 Å². The molecular weight excluding hydrogens is 312 g/mol. The van der Waals surface area contributed by atoms with Crippen molar-refractivity contribution in [2.45, 2.75) is 19.8 Å². The van der Waals surface area contributed by atoms with Crippen LogP contribution in [0.3, 0.4) is 0 Å². The van der Waals surface area contributed by atoms with Crippen LogP contribution < -0.4 is 0 Å². The largest absolute Gasteiger partial charge is 0.456 e. The van der Waals surface area contributed by atoms with Gasteiger partial charge in [-0.3, -0.25) is 9.78 Å². The van der Waals surface area contributed by atoms with Crippen LogP contribution in [0.25, 0.3) is 0 Å². The molecule has 4 heteroatoms. The molecule has 128 valence electrons. The molecule has 1 aromatic carbocycles. The number of rotatable bonds is 7. The second-order valence-electron chi connectivity index (χ2n) is 5.88. The standard InChI is InChI=1S/C21H22N2O2/c1-2-23(15-13-18-10-6-7-14-22-18)21(24)20-12-11-19(25-20)16-17-8-4-3-5-9-17/h3-12,14H,2,13,15-16H2,1H3. The first-order valence-electron chi connectivity index (χ1n) is 8.58. The van der Waals surface area contributed by atoms with Crippen LogP contribution in [-0.2, 0) is 12.8 Å². The zero-order valence-corrected chi connectivity index (χ0v) is 14.4. The zero-order valence-electron chi connectivity index (χ0n) is 14.4. The minimum atomic E-state index is -0.0715. The van der Waals surface area contributed by atoms with Gasteiger partial charge in [0, 0.05) is 37.8 Å². The molecule has 3 aromatic rings. The summed E-state index contributed by atoms with van der Waals surface area (Å²) in [5.74, 6) is 1.13. The quantitative estimate of drug-likeness (QED) is 0.657. The Bertz CT molecular complexity index is 797. The van der Waals surface area contributed by atoms with E-state index in [0.717, 1.165) is 17.9 Å². The van der Waals surface area contributed by atoms with Gasteiger partial charge < -0.3 is 9.32 Å². The summed E-state index contributed by atoms with van der Waals surface area (Å²) >= 11 is 0. The van der Waals surface area contributed by atoms with Crippen molar-refractivity contribution in [3.8, 4) is 0 Å². The highest BCUT2D eigenvalue weighted by Gasteiger charge is 2.18. The molecule has 0 bridgehead atoms. The van der Waals surface area contributed by atoms with Crippen molar-refractivity contribution in [3.05, 3.63) is 89.6 Å². The van der Waals surface area contributed by atoms with Crippen LogP contribution in [0.1, 0.15) is 34.5 Å². The van der Waals surface area contributed by atoms with Crippen LogP contribution in [0.5, 0.6) is 0 Å². The molecular formula is C21H22N2O2. The van der Waals surface area contributed by atoms with E-state index in [2.05, 4.69) is 17.1 Å². The van der Waals surface area contributed by atoms with E-state index in [4.69, 9.17) is 4.42 Å². The van der Waals surface area contributed by atoms with Crippen molar-refractivity contribution in [1.82, 2.24) is 9.88 Å². The second kappa shape index (κ2) is 8.29. The Hall–Kier alpha value is -2.88. The molecule has 0 saturated carbocycles. The molecule has 2 heterocycles. The van der Waals surface area contributed by atoms with E-state index in [9.17, 15) is 4.79 Å². The Morgan fingerprint density at radius 2 is 1.84 bits per heavy atom. The molecule has 0 unspecified atom stereocenters. The van der Waals surface area contributed by atoms with Gasteiger partial charge >= 0.3 is 0 Å². The molecule has 0 fully saturated rings. The Balaban J connectivity index is 1.62. The summed E-state index contributed by atoms with van der Waals surface area (Å²) in [5, 5.41) is 0. The van der Waals surface area contributed by atoms with Crippen molar-refractivity contribution in [2.75, 3.05) is 13.1 Å². The molecule has 0 saturated heterocycles. The first kappa shape index (κ1) is 17.0. The lowest BCUT2D eigenvalue weighted by molar-refractivity contribution is 0.0732. The topological polar surface area (TPSA) is 46.3 Å². The van der Waals surface area contributed by atoms with Crippen LogP contribution in [0.15, 0.2) is 71.3 Å². The van der Waals surface area contributed by atoms with E-state index in [1.54, 1.807) is 17.2 Å². The number of furan rings is 1. The smallest absolute Gasteiger partial charge is 0.289 e. The Morgan fingerprint density at radius 1 is 1.04 bits per heavy atom. The third-order valence-corrected chi connectivity index (χ3v) is 4.13. The van der Waals surface area contributed by atoms with Gasteiger partial charge in [-0.15, -0.1) is 0 Å². The second-order valence-corrected chi connectivity index (χ2v) is 5.88. The van der Waals surface area contributed by atoms with Crippen LogP contribution in [-0.4, -0.2) is 28.9 Å². The summed E-state index contributed by atoms with van der Waals surface area (Å²) in [7, 11) is 0. The van der Waals surface area contributed by atoms with E-state index in [-0.39, 0.29) is 5.91 Å². The molecule has 0 N–H and O–H groups in total. The maximum Gasteiger partial charge on any atom is 0.289 e. The highest BCUT2D eigenvalue weighted by atomic mass is 16.4. The molecule has 0 aliphatic rings. The van der Waals surface area contributed by atoms with Gasteiger partial charge in [-0.2, -0.15) is 0 Å². The van der Waals surface area contributed by atoms with Gasteiger partial charge in [-0.1, -0.05) is 36.4 Å². The highest BCUT2D eigenvalue weighted by molar-refractivity contribution is 5.91. The molecule has 0 atom stereocenters. The lowest BCUT2D eigenvalue weighted by Gasteiger charge is -2.19. The number of benzene rings is 1. The Morgan fingerprint density at radius 3 is 2.56 bits per heavy atom. The summed E-state index contributed by atoms with van der Waals surface area (Å²) in [6, 6.07) is 19.6. The molecule has 3 rings (SSSR count). The van der Waals surface area contributed by atoms with Crippen LogP contribution in [0, 0.1) is 0 Å². The average Bonchev–Trinajstić information content (AvgIpc) is 3.12. The number of carbonyl (C=O) groups excluding carboxylic acids is 1. The number of pyridine rings is 1. The fourth-order valence-electron chi connectivity index (χ4n) is 2.74. The summed E-state index contributed by atoms with van der Waals surface area (Å²) in [6.07, 6.45) is 3.20. The summed E-state index contributed by atoms with van der Waals surface area (Å²) in [6.45, 7) is 3.24. The van der Waals surface area contributed by atoms with E-state index in [1.165, 1.54) is 5.56 Å². The zero-order chi connectivity index (χ0) is 17.5. The van der Waals surface area contributed by atoms with Gasteiger partial charge in [-0.25, -0.2) is 0 Å². The predicted octanol–water partition coefficient (Wildman–Crippen LogP) is 3.97. The first-order valence-corrected chi connectivity index (χ1v) is 8.58. The number of hydrogen-bond donors (Lipinski definition) is 0. The number of aromatic nitrogens is 1. The maximum atomic E-state index is 12.7. The monoisotopic (exact) mass is 334 g/mol. The maximum absolute atomic E-state index is 12.7. The molecule has 0 spiro atoms. The average molecular weight is 334 g/mol. The van der Waals surface area contributed by atoms with Crippen LogP contribution >= 0.6 is 0 Å². The van der Waals surface area contributed by atoms with E-state index < -0.39 is 0 Å². The number of nitrogens with zero attached hydrogens (tertiary/aromatic N) is 2. The molecule has 0 radical (unpaired) electrons. The van der Waals surface area contributed by atoms with Gasteiger partial charge in [0.25, 0.3) is 5.91 Å². The SMILES string of the molecule is CCN(CCc1ccccn1)C(=O)c1ccc(Cc2ccccc2)o1. The summed E-state index contributed by atoms with van der Waals surface area (Å²) < 4.78 is 5.78. The molecule has 2 aromatic heterocycles. The summed E-state index contributed by atoms with van der Waals surface area (Å²) in [4.78, 5) is 18.8. The first-order chi connectivity index (χ1) is 12.3. The summed E-state index contributed by atoms with van der Waals surface area (Å²) in [5.41, 5.74) is 2.15. The number of hydrogen-bond acceptors (Lipinski definition) is 3. The lowest BCUT2D eigenvalue weighted by Crippen LogP contribution is -2.32. The van der Waals surface area contributed by atoms with Crippen molar-refractivity contribution in [1.29, 1.82) is 0 Å².